The second kappa shape index (κ2) is 11.6. The molecule has 0 radical (unpaired) electrons. The molecule has 2 fully saturated rings. The lowest BCUT2D eigenvalue weighted by atomic mass is 9.92. The number of rotatable bonds is 10. The monoisotopic (exact) mass is 533 g/mol. The van der Waals surface area contributed by atoms with Crippen LogP contribution >= 0.6 is 0 Å². The summed E-state index contributed by atoms with van der Waals surface area (Å²) in [5.74, 6) is -4.88. The van der Waals surface area contributed by atoms with Crippen molar-refractivity contribution < 1.29 is 28.7 Å². The number of hydrogen-bond acceptors (Lipinski definition) is 8. The standard InChI is InChI=1S/C30H35N3O6/c1-2-3-4-8-14-33-25-12-11-22(20-23(25)21-30(29(33)37)38-27(35)28(36)39-30)26(34)13-15-31-16-18-32(19-17-31)24-9-6-5-7-10-24/h5-7,9-12,20H,2-4,8,13-19,21H2,1H3. The highest BCUT2D eigenvalue weighted by atomic mass is 16.8. The fourth-order valence-corrected chi connectivity index (χ4v) is 5.56. The smallest absolute Gasteiger partial charge is 0.404 e. The second-order valence-electron chi connectivity index (χ2n) is 10.4. The highest BCUT2D eigenvalue weighted by Gasteiger charge is 2.59. The van der Waals surface area contributed by atoms with E-state index in [9.17, 15) is 19.2 Å². The third kappa shape index (κ3) is 5.68. The van der Waals surface area contributed by atoms with Gasteiger partial charge in [0, 0.05) is 62.6 Å². The number of carbonyl (C=O) groups is 4. The predicted octanol–water partition coefficient (Wildman–Crippen LogP) is 3.35. The van der Waals surface area contributed by atoms with Crippen LogP contribution in [0, 0.1) is 0 Å². The Balaban J connectivity index is 1.25. The van der Waals surface area contributed by atoms with Gasteiger partial charge in [-0.15, -0.1) is 0 Å². The van der Waals surface area contributed by atoms with E-state index in [4.69, 9.17) is 9.47 Å². The van der Waals surface area contributed by atoms with Gasteiger partial charge in [0.25, 0.3) is 0 Å². The van der Waals surface area contributed by atoms with Crippen LogP contribution in [0.2, 0.25) is 0 Å². The molecular formula is C30H35N3O6. The van der Waals surface area contributed by atoms with Crippen LogP contribution in [-0.4, -0.2) is 73.6 Å². The van der Waals surface area contributed by atoms with Crippen molar-refractivity contribution in [2.24, 2.45) is 0 Å². The van der Waals surface area contributed by atoms with Gasteiger partial charge in [-0.2, -0.15) is 0 Å². The molecule has 3 aliphatic heterocycles. The van der Waals surface area contributed by atoms with E-state index in [0.717, 1.165) is 51.9 Å². The molecule has 1 amide bonds. The zero-order valence-corrected chi connectivity index (χ0v) is 22.4. The summed E-state index contributed by atoms with van der Waals surface area (Å²) in [5.41, 5.74) is 3.06. The van der Waals surface area contributed by atoms with E-state index in [1.54, 1.807) is 18.2 Å². The number of para-hydroxylation sites is 1. The van der Waals surface area contributed by atoms with Gasteiger partial charge < -0.3 is 19.3 Å². The Morgan fingerprint density at radius 2 is 1.59 bits per heavy atom. The molecule has 2 saturated heterocycles. The Morgan fingerprint density at radius 3 is 2.28 bits per heavy atom. The number of fused-ring (bicyclic) bond motifs is 1. The van der Waals surface area contributed by atoms with E-state index in [0.29, 0.717) is 36.3 Å². The minimum Gasteiger partial charge on any atom is -0.404 e. The van der Waals surface area contributed by atoms with Crippen LogP contribution in [0.5, 0.6) is 0 Å². The van der Waals surface area contributed by atoms with E-state index in [-0.39, 0.29) is 12.2 Å². The molecule has 0 bridgehead atoms. The molecule has 39 heavy (non-hydrogen) atoms. The van der Waals surface area contributed by atoms with Crippen LogP contribution < -0.4 is 9.80 Å². The van der Waals surface area contributed by atoms with Crippen LogP contribution in [-0.2, 0) is 30.3 Å². The summed E-state index contributed by atoms with van der Waals surface area (Å²) in [6.07, 6.45) is 4.07. The first kappa shape index (κ1) is 26.9. The van der Waals surface area contributed by atoms with Crippen LogP contribution in [0.1, 0.15) is 54.9 Å². The molecule has 0 N–H and O–H groups in total. The summed E-state index contributed by atoms with van der Waals surface area (Å²) in [5, 5.41) is 0. The lowest BCUT2D eigenvalue weighted by Gasteiger charge is -2.37. The maximum Gasteiger partial charge on any atom is 0.421 e. The van der Waals surface area contributed by atoms with Gasteiger partial charge >= 0.3 is 23.6 Å². The SMILES string of the molecule is CCCCCCN1C(=O)C2(Cc3cc(C(=O)CCN4CCN(c5ccccc5)CC4)ccc31)OC(=O)C(=O)O2. The normalized spacial score (nSPS) is 18.7. The molecule has 2 aromatic carbocycles. The van der Waals surface area contributed by atoms with Gasteiger partial charge in [0.05, 0.1) is 6.42 Å². The molecule has 1 spiro atoms. The number of carbonyl (C=O) groups excluding carboxylic acids is 4. The van der Waals surface area contributed by atoms with Gasteiger partial charge in [0.2, 0.25) is 0 Å². The lowest BCUT2D eigenvalue weighted by Crippen LogP contribution is -2.55. The summed E-state index contributed by atoms with van der Waals surface area (Å²) in [6, 6.07) is 15.6. The molecule has 9 heteroatoms. The number of nitrogens with zero attached hydrogens (tertiary/aromatic N) is 3. The topological polar surface area (TPSA) is 96.5 Å². The number of amides is 1. The van der Waals surface area contributed by atoms with Gasteiger partial charge in [-0.25, -0.2) is 9.59 Å². The number of Topliss-reactive ketones (excluding diaryl/α,β-unsaturated/α-hetero) is 1. The van der Waals surface area contributed by atoms with Gasteiger partial charge in [-0.1, -0.05) is 44.4 Å². The first-order valence-corrected chi connectivity index (χ1v) is 13.9. The molecule has 3 heterocycles. The predicted molar refractivity (Wildman–Crippen MR) is 146 cm³/mol. The molecule has 0 unspecified atom stereocenters. The van der Waals surface area contributed by atoms with Crippen molar-refractivity contribution in [2.75, 3.05) is 49.1 Å². The number of ether oxygens (including phenoxy) is 2. The molecule has 206 valence electrons. The average molecular weight is 534 g/mol. The summed E-state index contributed by atoms with van der Waals surface area (Å²) < 4.78 is 10.4. The summed E-state index contributed by atoms with van der Waals surface area (Å²) in [4.78, 5) is 56.5. The molecule has 2 aromatic rings. The van der Waals surface area contributed by atoms with E-state index >= 15 is 0 Å². The molecule has 5 rings (SSSR count). The van der Waals surface area contributed by atoms with E-state index < -0.39 is 23.6 Å². The molecule has 0 saturated carbocycles. The number of unbranched alkanes of at least 4 members (excludes halogenated alkanes) is 3. The van der Waals surface area contributed by atoms with Crippen LogP contribution in [0.15, 0.2) is 48.5 Å². The van der Waals surface area contributed by atoms with Crippen molar-refractivity contribution in [3.05, 3.63) is 59.7 Å². The molecular weight excluding hydrogens is 498 g/mol. The fraction of sp³-hybridized carbons (Fsp3) is 0.467. The van der Waals surface area contributed by atoms with Crippen molar-refractivity contribution in [2.45, 2.75) is 51.2 Å². The number of ketones is 1. The number of piperazine rings is 1. The first-order chi connectivity index (χ1) is 18.9. The zero-order chi connectivity index (χ0) is 27.4. The van der Waals surface area contributed by atoms with Crippen molar-refractivity contribution in [1.29, 1.82) is 0 Å². The second-order valence-corrected chi connectivity index (χ2v) is 10.4. The Labute approximate surface area is 228 Å². The highest BCUT2D eigenvalue weighted by Crippen LogP contribution is 2.39. The van der Waals surface area contributed by atoms with Crippen LogP contribution in [0.25, 0.3) is 0 Å². The van der Waals surface area contributed by atoms with Gasteiger partial charge in [-0.05, 0) is 42.3 Å². The van der Waals surface area contributed by atoms with Crippen molar-refractivity contribution in [3.8, 4) is 0 Å². The van der Waals surface area contributed by atoms with Gasteiger partial charge in [0.1, 0.15) is 0 Å². The highest BCUT2D eigenvalue weighted by molar-refractivity contribution is 6.32. The molecule has 0 aliphatic carbocycles. The lowest BCUT2D eigenvalue weighted by molar-refractivity contribution is -0.188. The largest absolute Gasteiger partial charge is 0.421 e. The van der Waals surface area contributed by atoms with Crippen molar-refractivity contribution in [3.63, 3.8) is 0 Å². The quantitative estimate of drug-likeness (QED) is 0.199. The van der Waals surface area contributed by atoms with E-state index in [1.807, 2.05) is 18.2 Å². The Hall–Kier alpha value is -3.72. The number of hydrogen-bond donors (Lipinski definition) is 0. The molecule has 0 atom stereocenters. The van der Waals surface area contributed by atoms with Crippen molar-refractivity contribution >= 4 is 35.0 Å². The maximum atomic E-state index is 13.4. The van der Waals surface area contributed by atoms with Crippen molar-refractivity contribution in [1.82, 2.24) is 4.90 Å². The third-order valence-electron chi connectivity index (χ3n) is 7.75. The van der Waals surface area contributed by atoms with Gasteiger partial charge in [-0.3, -0.25) is 14.5 Å². The minimum atomic E-state index is -1.99. The minimum absolute atomic E-state index is 0.00384. The summed E-state index contributed by atoms with van der Waals surface area (Å²) >= 11 is 0. The zero-order valence-electron chi connectivity index (χ0n) is 22.4. The Bertz CT molecular complexity index is 1220. The molecule has 9 nitrogen and oxygen atoms in total. The van der Waals surface area contributed by atoms with Gasteiger partial charge in [0.15, 0.2) is 5.78 Å². The number of esters is 2. The average Bonchev–Trinajstić information content (AvgIpc) is 3.25. The Morgan fingerprint density at radius 1 is 0.872 bits per heavy atom. The summed E-state index contributed by atoms with van der Waals surface area (Å²) in [6.45, 7) is 6.79. The Kier molecular flexibility index (Phi) is 7.97. The van der Waals surface area contributed by atoms with E-state index in [2.05, 4.69) is 28.9 Å². The maximum absolute atomic E-state index is 13.4. The fourth-order valence-electron chi connectivity index (χ4n) is 5.56. The van der Waals surface area contributed by atoms with Crippen LogP contribution in [0.3, 0.4) is 0 Å². The molecule has 0 aromatic heterocycles. The number of anilines is 2. The first-order valence-electron chi connectivity index (χ1n) is 13.9. The summed E-state index contributed by atoms with van der Waals surface area (Å²) in [7, 11) is 0. The molecule has 3 aliphatic rings. The van der Waals surface area contributed by atoms with Crippen LogP contribution in [0.4, 0.5) is 11.4 Å². The van der Waals surface area contributed by atoms with E-state index in [1.165, 1.54) is 10.6 Å². The number of benzene rings is 2. The third-order valence-corrected chi connectivity index (χ3v) is 7.75.